The van der Waals surface area contributed by atoms with Gasteiger partial charge in [-0.25, -0.2) is 4.98 Å². The van der Waals surface area contributed by atoms with Crippen LogP contribution in [0.5, 0.6) is 0 Å². The number of aromatic nitrogens is 2. The highest BCUT2D eigenvalue weighted by Gasteiger charge is 2.21. The maximum atomic E-state index is 4.44. The maximum Gasteiger partial charge on any atom is 0.144 e. The first kappa shape index (κ1) is 14.2. The maximum absolute atomic E-state index is 4.44. The van der Waals surface area contributed by atoms with E-state index in [-0.39, 0.29) is 0 Å². The molecule has 0 amide bonds. The predicted molar refractivity (Wildman–Crippen MR) is 78.2 cm³/mol. The van der Waals surface area contributed by atoms with Crippen molar-refractivity contribution in [1.29, 1.82) is 0 Å². The van der Waals surface area contributed by atoms with Gasteiger partial charge in [0.15, 0.2) is 0 Å². The molecule has 0 atom stereocenters. The molecule has 19 heavy (non-hydrogen) atoms. The zero-order valence-corrected chi connectivity index (χ0v) is 12.3. The molecule has 106 valence electrons. The summed E-state index contributed by atoms with van der Waals surface area (Å²) in [6.07, 6.45) is 6.17. The summed E-state index contributed by atoms with van der Waals surface area (Å²) in [5.74, 6) is 0.822. The van der Waals surface area contributed by atoms with Gasteiger partial charge in [-0.1, -0.05) is 6.92 Å². The minimum absolute atomic E-state index is 0.675. The lowest BCUT2D eigenvalue weighted by Crippen LogP contribution is -2.43. The van der Waals surface area contributed by atoms with Crippen LogP contribution < -0.4 is 5.32 Å². The van der Waals surface area contributed by atoms with Gasteiger partial charge in [0.25, 0.3) is 0 Å². The van der Waals surface area contributed by atoms with Crippen molar-refractivity contribution in [3.8, 4) is 0 Å². The third kappa shape index (κ3) is 3.88. The molecule has 0 aromatic carbocycles. The van der Waals surface area contributed by atoms with E-state index in [1.54, 1.807) is 6.20 Å². The monoisotopic (exact) mass is 263 g/mol. The molecule has 1 aromatic heterocycles. The van der Waals surface area contributed by atoms with E-state index in [4.69, 9.17) is 0 Å². The summed E-state index contributed by atoms with van der Waals surface area (Å²) in [6.45, 7) is 6.73. The van der Waals surface area contributed by atoms with Gasteiger partial charge in [0.2, 0.25) is 0 Å². The number of likely N-dealkylation sites (tertiary alicyclic amines) is 1. The number of hydrogen-bond donors (Lipinski definition) is 1. The van der Waals surface area contributed by atoms with Gasteiger partial charge in [0, 0.05) is 19.6 Å². The van der Waals surface area contributed by atoms with Crippen molar-refractivity contribution < 1.29 is 0 Å². The number of nitrogens with one attached hydrogen (secondary N) is 1. The van der Waals surface area contributed by atoms with E-state index in [0.717, 1.165) is 18.1 Å². The van der Waals surface area contributed by atoms with Crippen LogP contribution >= 0.6 is 0 Å². The standard InChI is InChI=1S/C14H25N5/c1-4-19-7-5-13(6-8-19)18(3)11-12-9-17-14(15-2)10-16-12/h9-10,13H,4-8,11H2,1-3H3,(H,15,17). The molecule has 2 rings (SSSR count). The molecule has 0 unspecified atom stereocenters. The molecular formula is C14H25N5. The minimum Gasteiger partial charge on any atom is -0.372 e. The van der Waals surface area contributed by atoms with Crippen molar-refractivity contribution in [1.82, 2.24) is 19.8 Å². The SMILES string of the molecule is CCN1CCC(N(C)Cc2cnc(NC)cn2)CC1. The Bertz CT molecular complexity index is 370. The Morgan fingerprint density at radius 3 is 2.58 bits per heavy atom. The first-order chi connectivity index (χ1) is 9.22. The van der Waals surface area contributed by atoms with Gasteiger partial charge in [-0.3, -0.25) is 9.88 Å². The molecule has 1 N–H and O–H groups in total. The quantitative estimate of drug-likeness (QED) is 0.871. The van der Waals surface area contributed by atoms with Gasteiger partial charge in [0.1, 0.15) is 5.82 Å². The Labute approximate surface area is 116 Å². The van der Waals surface area contributed by atoms with Gasteiger partial charge >= 0.3 is 0 Å². The fourth-order valence-corrected chi connectivity index (χ4v) is 2.63. The van der Waals surface area contributed by atoms with E-state index in [9.17, 15) is 0 Å². The lowest BCUT2D eigenvalue weighted by molar-refractivity contribution is 0.126. The third-order valence-corrected chi connectivity index (χ3v) is 4.00. The van der Waals surface area contributed by atoms with Gasteiger partial charge in [-0.05, 0) is 39.5 Å². The minimum atomic E-state index is 0.675. The van der Waals surface area contributed by atoms with Crippen LogP contribution in [0.1, 0.15) is 25.5 Å². The summed E-state index contributed by atoms with van der Waals surface area (Å²) in [6, 6.07) is 0.675. The summed E-state index contributed by atoms with van der Waals surface area (Å²) in [5.41, 5.74) is 1.04. The van der Waals surface area contributed by atoms with Crippen molar-refractivity contribution in [2.24, 2.45) is 0 Å². The molecule has 5 heteroatoms. The Balaban J connectivity index is 1.84. The summed E-state index contributed by atoms with van der Waals surface area (Å²) in [5, 5.41) is 2.99. The highest BCUT2D eigenvalue weighted by atomic mass is 15.2. The van der Waals surface area contributed by atoms with E-state index in [2.05, 4.69) is 39.1 Å². The Morgan fingerprint density at radius 2 is 2.05 bits per heavy atom. The average Bonchev–Trinajstić information content (AvgIpc) is 2.48. The number of rotatable bonds is 5. The average molecular weight is 263 g/mol. The second-order valence-corrected chi connectivity index (χ2v) is 5.22. The van der Waals surface area contributed by atoms with E-state index in [1.807, 2.05) is 13.2 Å². The predicted octanol–water partition coefficient (Wildman–Crippen LogP) is 1.43. The topological polar surface area (TPSA) is 44.3 Å². The van der Waals surface area contributed by atoms with E-state index >= 15 is 0 Å². The van der Waals surface area contributed by atoms with Crippen LogP contribution in [0.2, 0.25) is 0 Å². The zero-order valence-electron chi connectivity index (χ0n) is 12.3. The molecule has 1 fully saturated rings. The first-order valence-corrected chi connectivity index (χ1v) is 7.14. The molecule has 1 aromatic rings. The van der Waals surface area contributed by atoms with Gasteiger partial charge in [-0.2, -0.15) is 0 Å². The molecule has 0 aliphatic carbocycles. The third-order valence-electron chi connectivity index (χ3n) is 4.00. The molecule has 0 bridgehead atoms. The van der Waals surface area contributed by atoms with Crippen LogP contribution in [0.15, 0.2) is 12.4 Å². The Morgan fingerprint density at radius 1 is 1.32 bits per heavy atom. The fraction of sp³-hybridized carbons (Fsp3) is 0.714. The van der Waals surface area contributed by atoms with Crippen LogP contribution in [0.25, 0.3) is 0 Å². The smallest absolute Gasteiger partial charge is 0.144 e. The molecule has 1 saturated heterocycles. The molecule has 0 saturated carbocycles. The molecule has 1 aliphatic heterocycles. The van der Waals surface area contributed by atoms with Crippen LogP contribution in [-0.2, 0) is 6.54 Å². The molecule has 2 heterocycles. The second-order valence-electron chi connectivity index (χ2n) is 5.22. The molecular weight excluding hydrogens is 238 g/mol. The fourth-order valence-electron chi connectivity index (χ4n) is 2.63. The summed E-state index contributed by atoms with van der Waals surface area (Å²) in [7, 11) is 4.05. The van der Waals surface area contributed by atoms with E-state index < -0.39 is 0 Å². The normalized spacial score (nSPS) is 17.9. The number of nitrogens with zero attached hydrogens (tertiary/aromatic N) is 4. The summed E-state index contributed by atoms with van der Waals surface area (Å²) < 4.78 is 0. The van der Waals surface area contributed by atoms with Crippen LogP contribution in [0, 0.1) is 0 Å². The number of piperidine rings is 1. The van der Waals surface area contributed by atoms with Crippen molar-refractivity contribution >= 4 is 5.82 Å². The van der Waals surface area contributed by atoms with Crippen molar-refractivity contribution in [2.45, 2.75) is 32.4 Å². The highest BCUT2D eigenvalue weighted by Crippen LogP contribution is 2.16. The number of anilines is 1. The van der Waals surface area contributed by atoms with Crippen LogP contribution in [-0.4, -0.2) is 59.5 Å². The highest BCUT2D eigenvalue weighted by molar-refractivity contribution is 5.29. The summed E-state index contributed by atoms with van der Waals surface area (Å²) >= 11 is 0. The van der Waals surface area contributed by atoms with Gasteiger partial charge < -0.3 is 10.2 Å². The Kier molecular flexibility index (Phi) is 5.10. The Hall–Kier alpha value is -1.20. The number of hydrogen-bond acceptors (Lipinski definition) is 5. The van der Waals surface area contributed by atoms with Crippen LogP contribution in [0.4, 0.5) is 5.82 Å². The first-order valence-electron chi connectivity index (χ1n) is 7.14. The summed E-state index contributed by atoms with van der Waals surface area (Å²) in [4.78, 5) is 13.7. The molecule has 0 spiro atoms. The lowest BCUT2D eigenvalue weighted by Gasteiger charge is -2.36. The van der Waals surface area contributed by atoms with Crippen molar-refractivity contribution in [3.05, 3.63) is 18.1 Å². The van der Waals surface area contributed by atoms with E-state index in [1.165, 1.54) is 32.5 Å². The van der Waals surface area contributed by atoms with E-state index in [0.29, 0.717) is 6.04 Å². The largest absolute Gasteiger partial charge is 0.372 e. The van der Waals surface area contributed by atoms with Gasteiger partial charge in [-0.15, -0.1) is 0 Å². The molecule has 0 radical (unpaired) electrons. The van der Waals surface area contributed by atoms with Gasteiger partial charge in [0.05, 0.1) is 18.1 Å². The van der Waals surface area contributed by atoms with Crippen molar-refractivity contribution in [3.63, 3.8) is 0 Å². The second kappa shape index (κ2) is 6.82. The molecule has 1 aliphatic rings. The molecule has 5 nitrogen and oxygen atoms in total. The van der Waals surface area contributed by atoms with Crippen LogP contribution in [0.3, 0.4) is 0 Å². The lowest BCUT2D eigenvalue weighted by atomic mass is 10.0. The zero-order chi connectivity index (χ0) is 13.7. The van der Waals surface area contributed by atoms with Crippen molar-refractivity contribution in [2.75, 3.05) is 39.0 Å².